The summed E-state index contributed by atoms with van der Waals surface area (Å²) < 4.78 is 0. The number of benzene rings is 1. The van der Waals surface area contributed by atoms with Crippen molar-refractivity contribution in [2.75, 3.05) is 6.61 Å². The molecule has 1 atom stereocenters. The summed E-state index contributed by atoms with van der Waals surface area (Å²) in [4.78, 5) is 10.5. The molecule has 1 aromatic carbocycles. The molecule has 3 heteroatoms. The number of rotatable bonds is 9. The lowest BCUT2D eigenvalue weighted by Crippen LogP contribution is -2.04. The Bertz CT molecular complexity index is 344. The first-order chi connectivity index (χ1) is 8.83. The van der Waals surface area contributed by atoms with Crippen LogP contribution in [0, 0.1) is 4.91 Å². The second-order valence-corrected chi connectivity index (χ2v) is 4.69. The highest BCUT2D eigenvalue weighted by Crippen LogP contribution is 2.30. The third-order valence-corrected chi connectivity index (χ3v) is 3.35. The van der Waals surface area contributed by atoms with Crippen molar-refractivity contribution in [1.82, 2.24) is 0 Å². The van der Waals surface area contributed by atoms with Crippen LogP contribution in [0.2, 0.25) is 0 Å². The zero-order valence-corrected chi connectivity index (χ0v) is 11.1. The zero-order valence-electron chi connectivity index (χ0n) is 11.1. The fraction of sp³-hybridized carbons (Fsp3) is 0.600. The number of unbranched alkanes of at least 4 members (excludes halogenated alkanes) is 1. The van der Waals surface area contributed by atoms with Crippen LogP contribution in [0.4, 0.5) is 0 Å². The summed E-state index contributed by atoms with van der Waals surface area (Å²) in [6.07, 6.45) is 5.26. The van der Waals surface area contributed by atoms with Crippen molar-refractivity contribution in [3.05, 3.63) is 40.3 Å². The Labute approximate surface area is 109 Å². The monoisotopic (exact) mass is 249 g/mol. The lowest BCUT2D eigenvalue weighted by Gasteiger charge is -2.19. The van der Waals surface area contributed by atoms with Gasteiger partial charge in [0, 0.05) is 6.61 Å². The van der Waals surface area contributed by atoms with E-state index >= 15 is 0 Å². The van der Waals surface area contributed by atoms with Gasteiger partial charge in [-0.1, -0.05) is 49.2 Å². The van der Waals surface area contributed by atoms with Gasteiger partial charge in [-0.05, 0) is 36.3 Å². The first-order valence-electron chi connectivity index (χ1n) is 6.81. The Morgan fingerprint density at radius 1 is 1.22 bits per heavy atom. The summed E-state index contributed by atoms with van der Waals surface area (Å²) in [7, 11) is 0. The summed E-state index contributed by atoms with van der Waals surface area (Å²) >= 11 is 0. The number of aliphatic hydroxyl groups excluding tert-OH is 1. The molecule has 3 nitrogen and oxygen atoms in total. The molecule has 0 aliphatic heterocycles. The van der Waals surface area contributed by atoms with E-state index in [0.29, 0.717) is 5.92 Å². The van der Waals surface area contributed by atoms with Crippen LogP contribution in [0.5, 0.6) is 0 Å². The van der Waals surface area contributed by atoms with E-state index in [1.165, 1.54) is 18.4 Å². The van der Waals surface area contributed by atoms with Crippen LogP contribution in [0.3, 0.4) is 0 Å². The molecule has 0 aliphatic rings. The Morgan fingerprint density at radius 2 is 1.94 bits per heavy atom. The van der Waals surface area contributed by atoms with Crippen molar-refractivity contribution in [3.63, 3.8) is 0 Å². The Kier molecular flexibility index (Phi) is 7.26. The highest BCUT2D eigenvalue weighted by atomic mass is 16.3. The van der Waals surface area contributed by atoms with Crippen LogP contribution in [0.1, 0.15) is 56.1 Å². The molecule has 18 heavy (non-hydrogen) atoms. The van der Waals surface area contributed by atoms with E-state index in [2.05, 4.69) is 18.2 Å². The fourth-order valence-corrected chi connectivity index (χ4v) is 2.39. The summed E-state index contributed by atoms with van der Waals surface area (Å²) in [6.45, 7) is 2.66. The molecule has 100 valence electrons. The third-order valence-electron chi connectivity index (χ3n) is 3.35. The van der Waals surface area contributed by atoms with Crippen LogP contribution in [-0.2, 0) is 6.54 Å². The first kappa shape index (κ1) is 14.8. The van der Waals surface area contributed by atoms with Gasteiger partial charge in [0.2, 0.25) is 0 Å². The van der Waals surface area contributed by atoms with Crippen molar-refractivity contribution in [2.45, 2.75) is 51.5 Å². The van der Waals surface area contributed by atoms with Gasteiger partial charge >= 0.3 is 0 Å². The van der Waals surface area contributed by atoms with E-state index in [4.69, 9.17) is 5.11 Å². The van der Waals surface area contributed by atoms with Gasteiger partial charge in [0.25, 0.3) is 0 Å². The molecule has 0 radical (unpaired) electrons. The molecule has 1 rings (SSSR count). The van der Waals surface area contributed by atoms with Gasteiger partial charge in [-0.15, -0.1) is 0 Å². The SMILES string of the molecule is CCCCC(CCCO)c1ccccc1CN=O. The lowest BCUT2D eigenvalue weighted by atomic mass is 9.86. The maximum absolute atomic E-state index is 10.5. The highest BCUT2D eigenvalue weighted by Gasteiger charge is 2.14. The average molecular weight is 249 g/mol. The maximum Gasteiger partial charge on any atom is 0.106 e. The van der Waals surface area contributed by atoms with E-state index in [-0.39, 0.29) is 13.2 Å². The van der Waals surface area contributed by atoms with Gasteiger partial charge in [0.1, 0.15) is 6.54 Å². The van der Waals surface area contributed by atoms with Crippen LogP contribution in [0.25, 0.3) is 0 Å². The van der Waals surface area contributed by atoms with Gasteiger partial charge in [0.05, 0.1) is 0 Å². The minimum atomic E-state index is 0.233. The molecular formula is C15H23NO2. The Hall–Kier alpha value is -1.22. The molecule has 0 fully saturated rings. The predicted octanol–water partition coefficient (Wildman–Crippen LogP) is 4.00. The molecule has 0 heterocycles. The van der Waals surface area contributed by atoms with E-state index < -0.39 is 0 Å². The Balaban J connectivity index is 2.84. The third kappa shape index (κ3) is 4.57. The van der Waals surface area contributed by atoms with E-state index in [1.54, 1.807) is 0 Å². The number of aliphatic hydroxyl groups is 1. The molecule has 0 spiro atoms. The zero-order chi connectivity index (χ0) is 13.2. The predicted molar refractivity (Wildman–Crippen MR) is 74.5 cm³/mol. The molecule has 0 aliphatic carbocycles. The van der Waals surface area contributed by atoms with Crippen LogP contribution in [0.15, 0.2) is 29.4 Å². The number of nitroso groups, excluding NO2 is 1. The molecule has 1 aromatic rings. The first-order valence-corrected chi connectivity index (χ1v) is 6.81. The number of hydrogen-bond acceptors (Lipinski definition) is 3. The lowest BCUT2D eigenvalue weighted by molar-refractivity contribution is 0.277. The molecule has 0 amide bonds. The number of hydrogen-bond donors (Lipinski definition) is 1. The minimum Gasteiger partial charge on any atom is -0.396 e. The van der Waals surface area contributed by atoms with Crippen molar-refractivity contribution in [1.29, 1.82) is 0 Å². The van der Waals surface area contributed by atoms with Crippen LogP contribution < -0.4 is 0 Å². The van der Waals surface area contributed by atoms with Gasteiger partial charge in [-0.3, -0.25) is 0 Å². The van der Waals surface area contributed by atoms with Crippen molar-refractivity contribution in [2.24, 2.45) is 5.18 Å². The maximum atomic E-state index is 10.5. The van der Waals surface area contributed by atoms with E-state index in [0.717, 1.165) is 24.8 Å². The summed E-state index contributed by atoms with van der Waals surface area (Å²) in [5.74, 6) is 0.440. The second kappa shape index (κ2) is 8.81. The topological polar surface area (TPSA) is 49.7 Å². The molecule has 0 saturated heterocycles. The average Bonchev–Trinajstić information content (AvgIpc) is 2.40. The number of nitrogens with zero attached hydrogens (tertiary/aromatic N) is 1. The molecular weight excluding hydrogens is 226 g/mol. The molecule has 0 saturated carbocycles. The molecule has 0 aromatic heterocycles. The summed E-state index contributed by atoms with van der Waals surface area (Å²) in [5, 5.41) is 12.0. The highest BCUT2D eigenvalue weighted by molar-refractivity contribution is 5.30. The molecule has 0 bridgehead atoms. The second-order valence-electron chi connectivity index (χ2n) is 4.69. The molecule has 1 N–H and O–H groups in total. The van der Waals surface area contributed by atoms with Crippen molar-refractivity contribution in [3.8, 4) is 0 Å². The van der Waals surface area contributed by atoms with Gasteiger partial charge in [-0.2, -0.15) is 4.91 Å². The van der Waals surface area contributed by atoms with Crippen molar-refractivity contribution < 1.29 is 5.11 Å². The van der Waals surface area contributed by atoms with E-state index in [1.807, 2.05) is 18.2 Å². The van der Waals surface area contributed by atoms with Gasteiger partial charge in [-0.25, -0.2) is 0 Å². The van der Waals surface area contributed by atoms with Crippen molar-refractivity contribution >= 4 is 0 Å². The Morgan fingerprint density at radius 3 is 2.61 bits per heavy atom. The fourth-order valence-electron chi connectivity index (χ4n) is 2.39. The smallest absolute Gasteiger partial charge is 0.106 e. The van der Waals surface area contributed by atoms with E-state index in [9.17, 15) is 4.91 Å². The summed E-state index contributed by atoms with van der Waals surface area (Å²) in [6, 6.07) is 8.04. The van der Waals surface area contributed by atoms with Gasteiger partial charge < -0.3 is 5.11 Å². The normalized spacial score (nSPS) is 12.3. The minimum absolute atomic E-state index is 0.233. The quantitative estimate of drug-likeness (QED) is 0.672. The van der Waals surface area contributed by atoms with Crippen LogP contribution in [-0.4, -0.2) is 11.7 Å². The largest absolute Gasteiger partial charge is 0.396 e. The molecule has 1 unspecified atom stereocenters. The summed E-state index contributed by atoms with van der Waals surface area (Å²) in [5.41, 5.74) is 2.27. The standard InChI is InChI=1S/C15H23NO2/c1-2-3-7-13(9-6-11-17)15-10-5-4-8-14(15)12-16-18/h4-5,8,10,13,17H,2-3,6-7,9,11-12H2,1H3. The van der Waals surface area contributed by atoms with Crippen LogP contribution >= 0.6 is 0 Å². The van der Waals surface area contributed by atoms with Gasteiger partial charge in [0.15, 0.2) is 0 Å².